The van der Waals surface area contributed by atoms with Crippen molar-refractivity contribution in [1.82, 2.24) is 5.32 Å². The maximum absolute atomic E-state index is 11.7. The van der Waals surface area contributed by atoms with Gasteiger partial charge in [0.2, 0.25) is 0 Å². The van der Waals surface area contributed by atoms with Gasteiger partial charge >= 0.3 is 0 Å². The molecular weight excluding hydrogens is 267 g/mol. The molecule has 7 heteroatoms. The van der Waals surface area contributed by atoms with Crippen LogP contribution in [0.15, 0.2) is 12.1 Å². The highest BCUT2D eigenvalue weighted by Gasteiger charge is 2.23. The van der Waals surface area contributed by atoms with Crippen molar-refractivity contribution in [3.05, 3.63) is 37.9 Å². The summed E-state index contributed by atoms with van der Waals surface area (Å²) in [5.74, 6) is -0.509. The standard InChI is InChI=1S/C10H10Cl2N2O3/c1-2-5-13-10(15)8-6(11)3-4-7(9(8)12)14(16)17/h3-4H,2,5H2,1H3,(H,13,15). The highest BCUT2D eigenvalue weighted by Crippen LogP contribution is 2.32. The largest absolute Gasteiger partial charge is 0.352 e. The second kappa shape index (κ2) is 5.84. The van der Waals surface area contributed by atoms with Crippen LogP contribution in [0.5, 0.6) is 0 Å². The van der Waals surface area contributed by atoms with Gasteiger partial charge in [-0.3, -0.25) is 14.9 Å². The van der Waals surface area contributed by atoms with Gasteiger partial charge in [-0.15, -0.1) is 0 Å². The number of carbonyl (C=O) groups excluding carboxylic acids is 1. The molecule has 1 N–H and O–H groups in total. The number of hydrogen-bond donors (Lipinski definition) is 1. The van der Waals surface area contributed by atoms with Crippen molar-refractivity contribution >= 4 is 34.8 Å². The minimum Gasteiger partial charge on any atom is -0.352 e. The third kappa shape index (κ3) is 3.08. The first-order valence-corrected chi connectivity index (χ1v) is 5.65. The maximum Gasteiger partial charge on any atom is 0.288 e. The predicted molar refractivity (Wildman–Crippen MR) is 65.7 cm³/mol. The first-order chi connectivity index (χ1) is 7.99. The molecule has 0 aliphatic carbocycles. The Morgan fingerprint density at radius 2 is 2.12 bits per heavy atom. The Morgan fingerprint density at radius 1 is 1.47 bits per heavy atom. The molecular formula is C10H10Cl2N2O3. The molecule has 0 aliphatic rings. The van der Waals surface area contributed by atoms with Crippen molar-refractivity contribution < 1.29 is 9.72 Å². The van der Waals surface area contributed by atoms with E-state index in [1.165, 1.54) is 12.1 Å². The molecule has 1 rings (SSSR count). The van der Waals surface area contributed by atoms with Crippen molar-refractivity contribution in [1.29, 1.82) is 0 Å². The average molecular weight is 277 g/mol. The van der Waals surface area contributed by atoms with E-state index in [4.69, 9.17) is 23.2 Å². The topological polar surface area (TPSA) is 72.2 Å². The van der Waals surface area contributed by atoms with E-state index in [9.17, 15) is 14.9 Å². The fourth-order valence-corrected chi connectivity index (χ4v) is 1.83. The van der Waals surface area contributed by atoms with Crippen LogP contribution in [-0.4, -0.2) is 17.4 Å². The van der Waals surface area contributed by atoms with Crippen molar-refractivity contribution in [2.45, 2.75) is 13.3 Å². The predicted octanol–water partition coefficient (Wildman–Crippen LogP) is 3.04. The van der Waals surface area contributed by atoms with E-state index in [0.717, 1.165) is 6.42 Å². The number of amides is 1. The van der Waals surface area contributed by atoms with E-state index in [0.29, 0.717) is 6.54 Å². The number of rotatable bonds is 4. The van der Waals surface area contributed by atoms with Crippen molar-refractivity contribution in [2.24, 2.45) is 0 Å². The normalized spacial score (nSPS) is 10.1. The molecule has 1 amide bonds. The molecule has 0 bridgehead atoms. The van der Waals surface area contributed by atoms with E-state index >= 15 is 0 Å². The first kappa shape index (κ1) is 13.7. The number of nitrogens with zero attached hydrogens (tertiary/aromatic N) is 1. The van der Waals surface area contributed by atoms with Crippen LogP contribution in [0.2, 0.25) is 10.0 Å². The lowest BCUT2D eigenvalue weighted by Gasteiger charge is -2.07. The Morgan fingerprint density at radius 3 is 2.65 bits per heavy atom. The van der Waals surface area contributed by atoms with Gasteiger partial charge in [-0.2, -0.15) is 0 Å². The molecule has 0 atom stereocenters. The highest BCUT2D eigenvalue weighted by atomic mass is 35.5. The minimum atomic E-state index is -0.657. The van der Waals surface area contributed by atoms with Crippen LogP contribution in [0.3, 0.4) is 0 Å². The van der Waals surface area contributed by atoms with Gasteiger partial charge in [0.15, 0.2) is 0 Å². The lowest BCUT2D eigenvalue weighted by Crippen LogP contribution is -2.24. The summed E-state index contributed by atoms with van der Waals surface area (Å²) in [5, 5.41) is 13.1. The second-order valence-electron chi connectivity index (χ2n) is 3.27. The Bertz CT molecular complexity index is 463. The van der Waals surface area contributed by atoms with Crippen LogP contribution in [0.1, 0.15) is 23.7 Å². The Balaban J connectivity index is 3.18. The zero-order chi connectivity index (χ0) is 13.0. The zero-order valence-electron chi connectivity index (χ0n) is 9.00. The molecule has 0 unspecified atom stereocenters. The molecule has 0 heterocycles. The third-order valence-corrected chi connectivity index (χ3v) is 2.73. The van der Waals surface area contributed by atoms with E-state index in [-0.39, 0.29) is 21.3 Å². The molecule has 0 saturated carbocycles. The van der Waals surface area contributed by atoms with Crippen LogP contribution in [0.25, 0.3) is 0 Å². The van der Waals surface area contributed by atoms with E-state index in [1.54, 1.807) is 0 Å². The minimum absolute atomic E-state index is 0.0593. The number of benzene rings is 1. The fraction of sp³-hybridized carbons (Fsp3) is 0.300. The molecule has 0 spiro atoms. The monoisotopic (exact) mass is 276 g/mol. The SMILES string of the molecule is CCCNC(=O)c1c(Cl)ccc([N+](=O)[O-])c1Cl. The smallest absolute Gasteiger partial charge is 0.288 e. The molecule has 5 nitrogen and oxygen atoms in total. The molecule has 0 radical (unpaired) electrons. The Kier molecular flexibility index (Phi) is 4.72. The summed E-state index contributed by atoms with van der Waals surface area (Å²) in [4.78, 5) is 21.7. The summed E-state index contributed by atoms with van der Waals surface area (Å²) < 4.78 is 0. The van der Waals surface area contributed by atoms with Crippen LogP contribution < -0.4 is 5.32 Å². The van der Waals surface area contributed by atoms with Gasteiger partial charge in [0.25, 0.3) is 11.6 Å². The summed E-state index contributed by atoms with van der Waals surface area (Å²) in [5.41, 5.74) is -0.395. The molecule has 92 valence electrons. The first-order valence-electron chi connectivity index (χ1n) is 4.89. The van der Waals surface area contributed by atoms with E-state index < -0.39 is 10.8 Å². The zero-order valence-corrected chi connectivity index (χ0v) is 10.5. The number of nitro groups is 1. The second-order valence-corrected chi connectivity index (χ2v) is 4.05. The van der Waals surface area contributed by atoms with Crippen LogP contribution in [0.4, 0.5) is 5.69 Å². The van der Waals surface area contributed by atoms with Gasteiger partial charge in [0.1, 0.15) is 5.02 Å². The number of nitrogens with one attached hydrogen (secondary N) is 1. The van der Waals surface area contributed by atoms with Crippen LogP contribution in [0, 0.1) is 10.1 Å². The number of nitro benzene ring substituents is 1. The van der Waals surface area contributed by atoms with Gasteiger partial charge in [-0.25, -0.2) is 0 Å². The van der Waals surface area contributed by atoms with Crippen molar-refractivity contribution in [2.75, 3.05) is 6.54 Å². The van der Waals surface area contributed by atoms with Crippen LogP contribution in [-0.2, 0) is 0 Å². The van der Waals surface area contributed by atoms with Crippen LogP contribution >= 0.6 is 23.2 Å². The fourth-order valence-electron chi connectivity index (χ4n) is 1.22. The van der Waals surface area contributed by atoms with E-state index in [1.807, 2.05) is 6.92 Å². The molecule has 17 heavy (non-hydrogen) atoms. The molecule has 0 aromatic heterocycles. The lowest BCUT2D eigenvalue weighted by molar-refractivity contribution is -0.384. The van der Waals surface area contributed by atoms with E-state index in [2.05, 4.69) is 5.32 Å². The average Bonchev–Trinajstić information content (AvgIpc) is 2.25. The van der Waals surface area contributed by atoms with Gasteiger partial charge < -0.3 is 5.32 Å². The van der Waals surface area contributed by atoms with Gasteiger partial charge in [0, 0.05) is 12.6 Å². The number of hydrogen-bond acceptors (Lipinski definition) is 3. The van der Waals surface area contributed by atoms with Crippen molar-refractivity contribution in [3.63, 3.8) is 0 Å². The summed E-state index contributed by atoms with van der Waals surface area (Å²) in [6.45, 7) is 2.34. The highest BCUT2D eigenvalue weighted by molar-refractivity contribution is 6.41. The Labute approximate surface area is 108 Å². The molecule has 0 aliphatic heterocycles. The number of carbonyl (C=O) groups is 1. The van der Waals surface area contributed by atoms with Gasteiger partial charge in [0.05, 0.1) is 15.5 Å². The lowest BCUT2D eigenvalue weighted by atomic mass is 10.2. The molecule has 0 saturated heterocycles. The summed E-state index contributed by atoms with van der Waals surface area (Å²) in [6.07, 6.45) is 0.746. The summed E-state index contributed by atoms with van der Waals surface area (Å²) in [6, 6.07) is 2.45. The quantitative estimate of drug-likeness (QED) is 0.679. The maximum atomic E-state index is 11.7. The molecule has 0 fully saturated rings. The molecule has 1 aromatic rings. The Hall–Kier alpha value is -1.33. The molecule has 1 aromatic carbocycles. The third-order valence-electron chi connectivity index (χ3n) is 2.03. The van der Waals surface area contributed by atoms with Crippen molar-refractivity contribution in [3.8, 4) is 0 Å². The van der Waals surface area contributed by atoms with Gasteiger partial charge in [-0.1, -0.05) is 30.1 Å². The van der Waals surface area contributed by atoms with Gasteiger partial charge in [-0.05, 0) is 12.5 Å². The summed E-state index contributed by atoms with van der Waals surface area (Å²) in [7, 11) is 0. The number of halogens is 2. The summed E-state index contributed by atoms with van der Waals surface area (Å²) >= 11 is 11.6.